The number of benzene rings is 1. The van der Waals surface area contributed by atoms with E-state index in [1.165, 1.54) is 5.56 Å². The van der Waals surface area contributed by atoms with E-state index in [2.05, 4.69) is 56.8 Å². The summed E-state index contributed by atoms with van der Waals surface area (Å²) in [4.78, 5) is 6.61. The lowest BCUT2D eigenvalue weighted by Crippen LogP contribution is -2.40. The van der Waals surface area contributed by atoms with Crippen LogP contribution in [0.3, 0.4) is 0 Å². The number of pyridine rings is 1. The lowest BCUT2D eigenvalue weighted by Gasteiger charge is -2.17. The maximum Gasteiger partial charge on any atom is 0.110 e. The molecule has 2 aliphatic heterocycles. The first kappa shape index (κ1) is 20.3. The number of nitrogens with zero attached hydrogens (tertiary/aromatic N) is 5. The standard InChI is InChI=1S/C23H28N6O2/c1-28(12-17-7-3-2-4-8-17)13-19-14-29(27-26-19)21-16-31-22-20(15-30-23(21)22)25-11-18-9-5-6-10-24-18/h2-10,14,20-23,25H,11-13,15-16H2,1H3/t20-,21-,22+,23+/m0/s1. The fourth-order valence-corrected chi connectivity index (χ4v) is 4.39. The zero-order valence-corrected chi connectivity index (χ0v) is 17.7. The summed E-state index contributed by atoms with van der Waals surface area (Å²) in [6.45, 7) is 3.52. The molecule has 0 bridgehead atoms. The van der Waals surface area contributed by atoms with E-state index in [4.69, 9.17) is 9.47 Å². The van der Waals surface area contributed by atoms with E-state index in [0.29, 0.717) is 19.8 Å². The summed E-state index contributed by atoms with van der Waals surface area (Å²) >= 11 is 0. The van der Waals surface area contributed by atoms with Crippen molar-refractivity contribution in [2.75, 3.05) is 20.3 Å². The van der Waals surface area contributed by atoms with Gasteiger partial charge in [-0.2, -0.15) is 0 Å². The van der Waals surface area contributed by atoms with Gasteiger partial charge in [-0.3, -0.25) is 9.88 Å². The van der Waals surface area contributed by atoms with Gasteiger partial charge < -0.3 is 14.8 Å². The minimum atomic E-state index is -0.0159. The van der Waals surface area contributed by atoms with Crippen LogP contribution in [0.25, 0.3) is 0 Å². The fourth-order valence-electron chi connectivity index (χ4n) is 4.39. The summed E-state index contributed by atoms with van der Waals surface area (Å²) in [5.74, 6) is 0. The van der Waals surface area contributed by atoms with E-state index in [0.717, 1.165) is 24.5 Å². The number of ether oxygens (including phenoxy) is 2. The number of hydrogen-bond donors (Lipinski definition) is 1. The third-order valence-corrected chi connectivity index (χ3v) is 5.92. The Morgan fingerprint density at radius 2 is 1.84 bits per heavy atom. The SMILES string of the molecule is CN(Cc1ccccc1)Cc1cn([C@H]2CO[C@H]3[C@@H]2OC[C@@H]3NCc2ccccn2)nn1. The molecular weight excluding hydrogens is 392 g/mol. The number of nitrogens with one attached hydrogen (secondary N) is 1. The van der Waals surface area contributed by atoms with Crippen molar-refractivity contribution >= 4 is 0 Å². The largest absolute Gasteiger partial charge is 0.371 e. The van der Waals surface area contributed by atoms with E-state index >= 15 is 0 Å². The highest BCUT2D eigenvalue weighted by Crippen LogP contribution is 2.34. The van der Waals surface area contributed by atoms with Gasteiger partial charge in [-0.05, 0) is 24.7 Å². The van der Waals surface area contributed by atoms with Crippen LogP contribution in [0.2, 0.25) is 0 Å². The minimum Gasteiger partial charge on any atom is -0.371 e. The second-order valence-corrected chi connectivity index (χ2v) is 8.32. The van der Waals surface area contributed by atoms with Gasteiger partial charge in [0.05, 0.1) is 36.8 Å². The molecule has 0 aliphatic carbocycles. The number of rotatable bonds is 8. The molecule has 1 N–H and O–H groups in total. The number of hydrogen-bond acceptors (Lipinski definition) is 7. The van der Waals surface area contributed by atoms with E-state index in [9.17, 15) is 0 Å². The molecule has 8 heteroatoms. The lowest BCUT2D eigenvalue weighted by molar-refractivity contribution is 0.0619. The Morgan fingerprint density at radius 3 is 2.68 bits per heavy atom. The summed E-state index contributed by atoms with van der Waals surface area (Å²) in [5, 5.41) is 12.3. The molecule has 0 saturated carbocycles. The van der Waals surface area contributed by atoms with Gasteiger partial charge >= 0.3 is 0 Å². The van der Waals surface area contributed by atoms with Crippen LogP contribution in [-0.4, -0.2) is 63.4 Å². The van der Waals surface area contributed by atoms with Gasteiger partial charge in [-0.15, -0.1) is 5.10 Å². The van der Waals surface area contributed by atoms with Gasteiger partial charge in [0, 0.05) is 25.8 Å². The molecular formula is C23H28N6O2. The first-order chi connectivity index (χ1) is 15.3. The number of fused-ring (bicyclic) bond motifs is 1. The van der Waals surface area contributed by atoms with Gasteiger partial charge in [-0.1, -0.05) is 41.6 Å². The summed E-state index contributed by atoms with van der Waals surface area (Å²) in [6.07, 6.45) is 3.84. The summed E-state index contributed by atoms with van der Waals surface area (Å²) in [5.41, 5.74) is 3.25. The van der Waals surface area contributed by atoms with E-state index < -0.39 is 0 Å². The Morgan fingerprint density at radius 1 is 1.00 bits per heavy atom. The van der Waals surface area contributed by atoms with Crippen molar-refractivity contribution in [3.8, 4) is 0 Å². The molecule has 2 aliphatic rings. The van der Waals surface area contributed by atoms with E-state index in [-0.39, 0.29) is 24.3 Å². The molecule has 31 heavy (non-hydrogen) atoms. The van der Waals surface area contributed by atoms with Gasteiger partial charge in [0.1, 0.15) is 18.2 Å². The molecule has 0 amide bonds. The molecule has 2 aromatic heterocycles. The predicted octanol–water partition coefficient (Wildman–Crippen LogP) is 1.80. The van der Waals surface area contributed by atoms with Gasteiger partial charge in [0.2, 0.25) is 0 Å². The van der Waals surface area contributed by atoms with Crippen LogP contribution in [0.15, 0.2) is 60.9 Å². The lowest BCUT2D eigenvalue weighted by atomic mass is 10.1. The molecule has 4 heterocycles. The van der Waals surface area contributed by atoms with Crippen molar-refractivity contribution in [2.45, 2.75) is 43.9 Å². The summed E-state index contributed by atoms with van der Waals surface area (Å²) in [7, 11) is 2.10. The van der Waals surface area contributed by atoms with Crippen LogP contribution in [0.1, 0.15) is 23.0 Å². The Bertz CT molecular complexity index is 966. The van der Waals surface area contributed by atoms with Crippen molar-refractivity contribution < 1.29 is 9.47 Å². The number of aromatic nitrogens is 4. The monoisotopic (exact) mass is 420 g/mol. The Hall–Kier alpha value is -2.65. The molecule has 2 fully saturated rings. The van der Waals surface area contributed by atoms with Gasteiger partial charge in [0.15, 0.2) is 0 Å². The smallest absolute Gasteiger partial charge is 0.110 e. The second-order valence-electron chi connectivity index (χ2n) is 8.32. The van der Waals surface area contributed by atoms with Crippen LogP contribution in [0, 0.1) is 0 Å². The summed E-state index contributed by atoms with van der Waals surface area (Å²) < 4.78 is 14.1. The molecule has 162 valence electrons. The van der Waals surface area contributed by atoms with Crippen LogP contribution in [0.4, 0.5) is 0 Å². The van der Waals surface area contributed by atoms with Crippen molar-refractivity contribution in [2.24, 2.45) is 0 Å². The second kappa shape index (κ2) is 9.23. The molecule has 8 nitrogen and oxygen atoms in total. The van der Waals surface area contributed by atoms with Crippen molar-refractivity contribution in [3.63, 3.8) is 0 Å². The minimum absolute atomic E-state index is 0.0158. The summed E-state index contributed by atoms with van der Waals surface area (Å²) in [6, 6.07) is 16.6. The van der Waals surface area contributed by atoms with E-state index in [1.54, 1.807) is 0 Å². The molecule has 0 unspecified atom stereocenters. The first-order valence-corrected chi connectivity index (χ1v) is 10.8. The molecule has 0 radical (unpaired) electrons. The normalized spacial score (nSPS) is 25.2. The average Bonchev–Trinajstić information content (AvgIpc) is 3.51. The molecule has 4 atom stereocenters. The highest BCUT2D eigenvalue weighted by atomic mass is 16.6. The van der Waals surface area contributed by atoms with Crippen molar-refractivity contribution in [3.05, 3.63) is 77.9 Å². The van der Waals surface area contributed by atoms with E-state index in [1.807, 2.05) is 41.3 Å². The molecule has 5 rings (SSSR count). The molecule has 1 aromatic carbocycles. The predicted molar refractivity (Wildman–Crippen MR) is 115 cm³/mol. The fraction of sp³-hybridized carbons (Fsp3) is 0.435. The molecule has 0 spiro atoms. The topological polar surface area (TPSA) is 77.3 Å². The quantitative estimate of drug-likeness (QED) is 0.595. The van der Waals surface area contributed by atoms with Gasteiger partial charge in [0.25, 0.3) is 0 Å². The van der Waals surface area contributed by atoms with Crippen molar-refractivity contribution in [1.82, 2.24) is 30.2 Å². The zero-order chi connectivity index (χ0) is 21.0. The van der Waals surface area contributed by atoms with Crippen molar-refractivity contribution in [1.29, 1.82) is 0 Å². The van der Waals surface area contributed by atoms with Crippen LogP contribution >= 0.6 is 0 Å². The third-order valence-electron chi connectivity index (χ3n) is 5.92. The van der Waals surface area contributed by atoms with Crippen LogP contribution < -0.4 is 5.32 Å². The maximum atomic E-state index is 6.11. The Balaban J connectivity index is 1.16. The van der Waals surface area contributed by atoms with Crippen LogP contribution in [0.5, 0.6) is 0 Å². The zero-order valence-electron chi connectivity index (χ0n) is 17.7. The highest BCUT2D eigenvalue weighted by molar-refractivity contribution is 5.14. The Kier molecular flexibility index (Phi) is 6.04. The molecule has 2 saturated heterocycles. The first-order valence-electron chi connectivity index (χ1n) is 10.8. The average molecular weight is 421 g/mol. The third kappa shape index (κ3) is 4.67. The Labute approximate surface area is 182 Å². The molecule has 3 aromatic rings. The maximum absolute atomic E-state index is 6.11. The van der Waals surface area contributed by atoms with Gasteiger partial charge in [-0.25, -0.2) is 4.68 Å². The van der Waals surface area contributed by atoms with Crippen LogP contribution in [-0.2, 0) is 29.1 Å². The highest BCUT2D eigenvalue weighted by Gasteiger charge is 2.48.